The van der Waals surface area contributed by atoms with E-state index in [1.54, 1.807) is 12.1 Å². The lowest BCUT2D eigenvalue weighted by molar-refractivity contribution is -1.12. The zero-order valence-corrected chi connectivity index (χ0v) is 18.9. The molecule has 0 saturated heterocycles. The predicted molar refractivity (Wildman–Crippen MR) is 122 cm³/mol. The van der Waals surface area contributed by atoms with Crippen molar-refractivity contribution in [1.29, 1.82) is 0 Å². The molecule has 0 bridgehead atoms. The topological polar surface area (TPSA) is 98.5 Å². The van der Waals surface area contributed by atoms with Gasteiger partial charge in [-0.3, -0.25) is 14.4 Å². The van der Waals surface area contributed by atoms with E-state index in [1.165, 1.54) is 0 Å². The number of ketones is 1. The van der Waals surface area contributed by atoms with Crippen LogP contribution in [0.1, 0.15) is 44.5 Å². The van der Waals surface area contributed by atoms with E-state index in [0.717, 1.165) is 16.2 Å². The Morgan fingerprint density at radius 3 is 2.34 bits per heavy atom. The number of hydrazone groups is 1. The zero-order chi connectivity index (χ0) is 23.3. The van der Waals surface area contributed by atoms with Gasteiger partial charge in [-0.15, -0.1) is 0 Å². The van der Waals surface area contributed by atoms with Crippen molar-refractivity contribution in [3.8, 4) is 11.1 Å². The summed E-state index contributed by atoms with van der Waals surface area (Å²) in [6.07, 6.45) is 0.388. The fraction of sp³-hybridized carbons (Fsp3) is 0.375. The van der Waals surface area contributed by atoms with Crippen molar-refractivity contribution in [2.75, 3.05) is 6.54 Å². The van der Waals surface area contributed by atoms with Crippen LogP contribution >= 0.6 is 0 Å². The van der Waals surface area contributed by atoms with Crippen LogP contribution in [0.2, 0.25) is 0 Å². The SMILES string of the molecule is CC(C)C[C@H](NC(=O)c1ccccc1-c1ccccc1)C(=O)C1=NN(CC(C)C)[NH+]([O-])O1. The summed E-state index contributed by atoms with van der Waals surface area (Å²) in [7, 11) is 0. The first-order valence-corrected chi connectivity index (χ1v) is 10.8. The molecule has 1 heterocycles. The quantitative estimate of drug-likeness (QED) is 0.587. The number of carbonyl (C=O) groups is 2. The van der Waals surface area contributed by atoms with Crippen molar-refractivity contribution in [2.24, 2.45) is 16.9 Å². The molecule has 2 atom stereocenters. The Morgan fingerprint density at radius 1 is 1.03 bits per heavy atom. The third-order valence-electron chi connectivity index (χ3n) is 4.94. The number of Topliss-reactive ketones (excluding diaryl/α,β-unsaturated/α-hetero) is 1. The summed E-state index contributed by atoms with van der Waals surface area (Å²) in [5.74, 6) is -0.867. The van der Waals surface area contributed by atoms with Gasteiger partial charge in [0.25, 0.3) is 5.91 Å². The van der Waals surface area contributed by atoms with E-state index in [9.17, 15) is 14.8 Å². The molecule has 1 amide bonds. The average Bonchev–Trinajstić information content (AvgIpc) is 3.12. The molecule has 0 saturated carbocycles. The maximum absolute atomic E-state index is 13.2. The molecular weight excluding hydrogens is 408 g/mol. The minimum absolute atomic E-state index is 0.123. The molecule has 32 heavy (non-hydrogen) atoms. The normalized spacial score (nSPS) is 16.7. The number of hydrogen-bond donors (Lipinski definition) is 2. The van der Waals surface area contributed by atoms with Gasteiger partial charge in [0.15, 0.2) is 0 Å². The minimum Gasteiger partial charge on any atom is -0.563 e. The Morgan fingerprint density at radius 2 is 1.69 bits per heavy atom. The zero-order valence-electron chi connectivity index (χ0n) is 18.9. The van der Waals surface area contributed by atoms with E-state index in [0.29, 0.717) is 18.5 Å². The lowest BCUT2D eigenvalue weighted by Crippen LogP contribution is -3.10. The molecule has 0 aliphatic carbocycles. The molecule has 0 spiro atoms. The van der Waals surface area contributed by atoms with Crippen LogP contribution in [0.3, 0.4) is 0 Å². The van der Waals surface area contributed by atoms with E-state index in [-0.39, 0.29) is 23.6 Å². The lowest BCUT2D eigenvalue weighted by atomic mass is 9.97. The second-order valence-corrected chi connectivity index (χ2v) is 8.68. The van der Waals surface area contributed by atoms with Gasteiger partial charge in [0.1, 0.15) is 0 Å². The highest BCUT2D eigenvalue weighted by Gasteiger charge is 2.36. The summed E-state index contributed by atoms with van der Waals surface area (Å²) in [6, 6.07) is 16.0. The molecule has 8 nitrogen and oxygen atoms in total. The molecule has 0 radical (unpaired) electrons. The van der Waals surface area contributed by atoms with Crippen LogP contribution in [-0.4, -0.2) is 35.3 Å². The van der Waals surface area contributed by atoms with E-state index in [2.05, 4.69) is 10.4 Å². The van der Waals surface area contributed by atoms with Crippen LogP contribution < -0.4 is 10.7 Å². The van der Waals surface area contributed by atoms with Gasteiger partial charge in [-0.25, -0.2) is 0 Å². The molecule has 0 aromatic heterocycles. The Kier molecular flexibility index (Phi) is 7.61. The number of carbonyl (C=O) groups excluding carboxylic acids is 2. The molecule has 2 aromatic rings. The number of amides is 1. The van der Waals surface area contributed by atoms with Crippen LogP contribution in [0.15, 0.2) is 59.7 Å². The minimum atomic E-state index is -0.864. The first kappa shape index (κ1) is 23.4. The summed E-state index contributed by atoms with van der Waals surface area (Å²) in [4.78, 5) is 31.4. The molecule has 0 fully saturated rings. The van der Waals surface area contributed by atoms with Crippen LogP contribution in [0, 0.1) is 17.0 Å². The lowest BCUT2D eigenvalue weighted by Gasteiger charge is -2.22. The third-order valence-corrected chi connectivity index (χ3v) is 4.94. The molecule has 2 aromatic carbocycles. The van der Waals surface area contributed by atoms with Gasteiger partial charge in [0.2, 0.25) is 5.78 Å². The summed E-state index contributed by atoms with van der Waals surface area (Å²) >= 11 is 0. The van der Waals surface area contributed by atoms with E-state index in [4.69, 9.17) is 4.84 Å². The van der Waals surface area contributed by atoms with Crippen molar-refractivity contribution in [2.45, 2.75) is 40.2 Å². The van der Waals surface area contributed by atoms with E-state index < -0.39 is 17.2 Å². The molecule has 170 valence electrons. The Labute approximate surface area is 188 Å². The van der Waals surface area contributed by atoms with E-state index in [1.807, 2.05) is 70.2 Å². The third kappa shape index (κ3) is 5.72. The number of hydrogen-bond acceptors (Lipinski definition) is 6. The van der Waals surface area contributed by atoms with Crippen molar-refractivity contribution < 1.29 is 19.8 Å². The van der Waals surface area contributed by atoms with Gasteiger partial charge in [0, 0.05) is 5.56 Å². The summed E-state index contributed by atoms with van der Waals surface area (Å²) in [6.45, 7) is 8.14. The summed E-state index contributed by atoms with van der Waals surface area (Å²) in [5, 5.41) is 19.4. The van der Waals surface area contributed by atoms with Crippen LogP contribution in [0.25, 0.3) is 11.1 Å². The smallest absolute Gasteiger partial charge is 0.351 e. The first-order chi connectivity index (χ1) is 15.3. The number of quaternary nitrogens is 1. The number of nitrogens with zero attached hydrogens (tertiary/aromatic N) is 2. The van der Waals surface area contributed by atoms with Crippen LogP contribution in [0.5, 0.6) is 0 Å². The van der Waals surface area contributed by atoms with Crippen LogP contribution in [-0.2, 0) is 9.63 Å². The van der Waals surface area contributed by atoms with Gasteiger partial charge in [-0.1, -0.05) is 91.8 Å². The second-order valence-electron chi connectivity index (χ2n) is 8.68. The highest BCUT2D eigenvalue weighted by atomic mass is 16.9. The first-order valence-electron chi connectivity index (χ1n) is 10.8. The van der Waals surface area contributed by atoms with Crippen molar-refractivity contribution in [3.63, 3.8) is 0 Å². The summed E-state index contributed by atoms with van der Waals surface area (Å²) < 4.78 is 0. The highest BCUT2D eigenvalue weighted by Crippen LogP contribution is 2.23. The van der Waals surface area contributed by atoms with Crippen molar-refractivity contribution in [3.05, 3.63) is 65.4 Å². The van der Waals surface area contributed by atoms with Crippen molar-refractivity contribution in [1.82, 2.24) is 10.4 Å². The van der Waals surface area contributed by atoms with Gasteiger partial charge in [-0.2, -0.15) is 0 Å². The Hall–Kier alpha value is -3.23. The molecule has 1 unspecified atom stereocenters. The Balaban J connectivity index is 1.83. The molecule has 1 aliphatic rings. The van der Waals surface area contributed by atoms with Gasteiger partial charge >= 0.3 is 5.90 Å². The van der Waals surface area contributed by atoms with Gasteiger partial charge in [0.05, 0.1) is 12.6 Å². The maximum Gasteiger partial charge on any atom is 0.351 e. The molecular formula is C24H30N4O4. The number of rotatable bonds is 9. The molecule has 3 rings (SSSR count). The van der Waals surface area contributed by atoms with E-state index >= 15 is 0 Å². The monoisotopic (exact) mass is 438 g/mol. The Bertz CT molecular complexity index is 975. The fourth-order valence-electron chi connectivity index (χ4n) is 3.51. The summed E-state index contributed by atoms with van der Waals surface area (Å²) in [5.41, 5.74) is 2.14. The average molecular weight is 439 g/mol. The molecule has 8 heteroatoms. The van der Waals surface area contributed by atoms with Gasteiger partial charge < -0.3 is 10.5 Å². The largest absolute Gasteiger partial charge is 0.563 e. The number of nitrogens with one attached hydrogen (secondary N) is 2. The highest BCUT2D eigenvalue weighted by molar-refractivity contribution is 6.38. The standard InChI is InChI=1S/C24H30N4O4/c1-16(2)14-21(22(29)24-26-27(15-17(3)4)28(31)32-24)25-23(30)20-13-9-8-12-19(20)18-10-6-5-7-11-18/h5-13,16-17,21,28H,14-15H2,1-4H3,(H,25,30)/t21-/m0/s1. The van der Waals surface area contributed by atoms with Crippen molar-refractivity contribution >= 4 is 17.6 Å². The van der Waals surface area contributed by atoms with Gasteiger partial charge in [-0.05, 0) is 35.4 Å². The molecule has 2 N–H and O–H groups in total. The number of benzene rings is 2. The second kappa shape index (κ2) is 10.4. The fourth-order valence-corrected chi connectivity index (χ4v) is 3.51. The maximum atomic E-state index is 13.2. The predicted octanol–water partition coefficient (Wildman–Crippen LogP) is 2.58. The van der Waals surface area contributed by atoms with Crippen LogP contribution in [0.4, 0.5) is 0 Å². The molecule has 1 aliphatic heterocycles.